The molecule has 1 amide bonds. The zero-order chi connectivity index (χ0) is 17.8. The Bertz CT molecular complexity index is 871. The van der Waals surface area contributed by atoms with Gasteiger partial charge < -0.3 is 9.42 Å². The Hall–Kier alpha value is -2.54. The largest absolute Gasteiger partial charge is 0.337 e. The Balaban J connectivity index is 1.58. The fraction of sp³-hybridized carbons (Fsp3) is 0.333. The minimum atomic E-state index is 0.0445. The predicted octanol–water partition coefficient (Wildman–Crippen LogP) is 3.40. The molecule has 7 heteroatoms. The summed E-state index contributed by atoms with van der Waals surface area (Å²) in [4.78, 5) is 23.7. The third kappa shape index (κ3) is 4.30. The van der Waals surface area contributed by atoms with Crippen LogP contribution in [0.15, 0.2) is 34.3 Å². The Labute approximate surface area is 150 Å². The van der Waals surface area contributed by atoms with E-state index < -0.39 is 0 Å². The minimum absolute atomic E-state index is 0.0445. The first kappa shape index (κ1) is 17.3. The van der Waals surface area contributed by atoms with Gasteiger partial charge in [0, 0.05) is 23.9 Å². The highest BCUT2D eigenvalue weighted by molar-refractivity contribution is 7.09. The SMILES string of the molecule is Cc1cccc(-c2noc(CN(C)C(=O)CCc3scnc3C)n2)c1. The standard InChI is InChI=1S/C18H20N4O2S/c1-12-5-4-6-14(9-12)18-20-16(24-21-18)10-22(3)17(23)8-7-15-13(2)19-11-25-15/h4-6,9,11H,7-8,10H2,1-3H3. The average molecular weight is 356 g/mol. The van der Waals surface area contributed by atoms with E-state index in [0.29, 0.717) is 31.1 Å². The number of rotatable bonds is 6. The highest BCUT2D eigenvalue weighted by atomic mass is 32.1. The second kappa shape index (κ2) is 7.57. The third-order valence-electron chi connectivity index (χ3n) is 3.95. The van der Waals surface area contributed by atoms with E-state index in [1.807, 2.05) is 43.6 Å². The second-order valence-corrected chi connectivity index (χ2v) is 6.93. The van der Waals surface area contributed by atoms with E-state index in [-0.39, 0.29) is 5.91 Å². The molecule has 2 aromatic heterocycles. The molecule has 0 unspecified atom stereocenters. The maximum Gasteiger partial charge on any atom is 0.246 e. The zero-order valence-corrected chi connectivity index (χ0v) is 15.3. The van der Waals surface area contributed by atoms with Gasteiger partial charge in [0.15, 0.2) is 0 Å². The first-order valence-corrected chi connectivity index (χ1v) is 8.93. The van der Waals surface area contributed by atoms with Crippen LogP contribution < -0.4 is 0 Å². The number of aromatic nitrogens is 3. The van der Waals surface area contributed by atoms with Gasteiger partial charge in [0.2, 0.25) is 17.6 Å². The Morgan fingerprint density at radius 3 is 2.88 bits per heavy atom. The van der Waals surface area contributed by atoms with Crippen LogP contribution in [0.3, 0.4) is 0 Å². The van der Waals surface area contributed by atoms with Crippen LogP contribution in [-0.4, -0.2) is 33.0 Å². The molecule has 6 nitrogen and oxygen atoms in total. The van der Waals surface area contributed by atoms with Crippen molar-refractivity contribution < 1.29 is 9.32 Å². The number of aryl methyl sites for hydroxylation is 3. The van der Waals surface area contributed by atoms with Crippen molar-refractivity contribution in [2.75, 3.05) is 7.05 Å². The second-order valence-electron chi connectivity index (χ2n) is 5.99. The van der Waals surface area contributed by atoms with Crippen LogP contribution in [0.4, 0.5) is 0 Å². The van der Waals surface area contributed by atoms with Gasteiger partial charge in [-0.3, -0.25) is 4.79 Å². The first-order chi connectivity index (χ1) is 12.0. The number of carbonyl (C=O) groups excluding carboxylic acids is 1. The molecular formula is C18H20N4O2S. The van der Waals surface area contributed by atoms with Gasteiger partial charge in [0.25, 0.3) is 0 Å². The van der Waals surface area contributed by atoms with Crippen molar-refractivity contribution in [2.24, 2.45) is 0 Å². The summed E-state index contributed by atoms with van der Waals surface area (Å²) >= 11 is 1.59. The van der Waals surface area contributed by atoms with Crippen molar-refractivity contribution in [3.8, 4) is 11.4 Å². The van der Waals surface area contributed by atoms with Gasteiger partial charge in [-0.1, -0.05) is 28.9 Å². The molecule has 3 aromatic rings. The maximum absolute atomic E-state index is 12.3. The summed E-state index contributed by atoms with van der Waals surface area (Å²) in [6.07, 6.45) is 1.15. The smallest absolute Gasteiger partial charge is 0.246 e. The van der Waals surface area contributed by atoms with Crippen LogP contribution in [0.2, 0.25) is 0 Å². The van der Waals surface area contributed by atoms with Crippen molar-refractivity contribution in [3.05, 3.63) is 51.8 Å². The quantitative estimate of drug-likeness (QED) is 0.677. The van der Waals surface area contributed by atoms with Gasteiger partial charge in [0.05, 0.1) is 17.7 Å². The van der Waals surface area contributed by atoms with E-state index in [1.54, 1.807) is 23.3 Å². The van der Waals surface area contributed by atoms with Crippen LogP contribution in [0.1, 0.15) is 28.4 Å². The molecule has 0 spiro atoms. The maximum atomic E-state index is 12.3. The molecule has 0 N–H and O–H groups in total. The van der Waals surface area contributed by atoms with E-state index in [0.717, 1.165) is 21.7 Å². The molecule has 0 aliphatic heterocycles. The molecule has 0 aliphatic rings. The number of amides is 1. The summed E-state index contributed by atoms with van der Waals surface area (Å²) in [5.74, 6) is 1.02. The number of carbonyl (C=O) groups is 1. The fourth-order valence-electron chi connectivity index (χ4n) is 2.49. The van der Waals surface area contributed by atoms with Gasteiger partial charge >= 0.3 is 0 Å². The Morgan fingerprint density at radius 1 is 1.32 bits per heavy atom. The first-order valence-electron chi connectivity index (χ1n) is 8.05. The van der Waals surface area contributed by atoms with E-state index in [2.05, 4.69) is 15.1 Å². The predicted molar refractivity (Wildman–Crippen MR) is 96.1 cm³/mol. The topological polar surface area (TPSA) is 72.1 Å². The molecule has 25 heavy (non-hydrogen) atoms. The van der Waals surface area contributed by atoms with Gasteiger partial charge in [-0.25, -0.2) is 4.98 Å². The average Bonchev–Trinajstić information content (AvgIpc) is 3.21. The molecule has 2 heterocycles. The van der Waals surface area contributed by atoms with E-state index in [9.17, 15) is 4.79 Å². The lowest BCUT2D eigenvalue weighted by Gasteiger charge is -2.14. The van der Waals surface area contributed by atoms with Gasteiger partial charge in [-0.05, 0) is 26.3 Å². The zero-order valence-electron chi connectivity index (χ0n) is 14.5. The lowest BCUT2D eigenvalue weighted by atomic mass is 10.1. The monoisotopic (exact) mass is 356 g/mol. The summed E-state index contributed by atoms with van der Waals surface area (Å²) in [7, 11) is 1.75. The van der Waals surface area contributed by atoms with Crippen molar-refractivity contribution >= 4 is 17.2 Å². The van der Waals surface area contributed by atoms with Crippen LogP contribution in [0.5, 0.6) is 0 Å². The van der Waals surface area contributed by atoms with Crippen LogP contribution in [-0.2, 0) is 17.8 Å². The van der Waals surface area contributed by atoms with Crippen LogP contribution in [0.25, 0.3) is 11.4 Å². The molecule has 0 aliphatic carbocycles. The number of nitrogens with zero attached hydrogens (tertiary/aromatic N) is 4. The Morgan fingerprint density at radius 2 is 2.16 bits per heavy atom. The number of thiazole rings is 1. The highest BCUT2D eigenvalue weighted by Crippen LogP contribution is 2.18. The summed E-state index contributed by atoms with van der Waals surface area (Å²) < 4.78 is 5.29. The van der Waals surface area contributed by atoms with Crippen molar-refractivity contribution in [2.45, 2.75) is 33.2 Å². The molecule has 0 saturated heterocycles. The molecule has 3 rings (SSSR count). The minimum Gasteiger partial charge on any atom is -0.337 e. The summed E-state index contributed by atoms with van der Waals surface area (Å²) in [6, 6.07) is 7.91. The third-order valence-corrected chi connectivity index (χ3v) is 4.95. The van der Waals surface area contributed by atoms with E-state index in [1.165, 1.54) is 0 Å². The van der Waals surface area contributed by atoms with Crippen LogP contribution in [0, 0.1) is 13.8 Å². The molecule has 0 bridgehead atoms. The fourth-order valence-corrected chi connectivity index (χ4v) is 3.27. The molecule has 0 fully saturated rings. The summed E-state index contributed by atoms with van der Waals surface area (Å²) in [5, 5.41) is 4.01. The Kier molecular flexibility index (Phi) is 5.23. The van der Waals surface area contributed by atoms with Crippen molar-refractivity contribution in [3.63, 3.8) is 0 Å². The highest BCUT2D eigenvalue weighted by Gasteiger charge is 2.15. The molecule has 0 radical (unpaired) electrons. The van der Waals surface area contributed by atoms with Crippen LogP contribution >= 0.6 is 11.3 Å². The molecule has 0 saturated carbocycles. The number of hydrogen-bond acceptors (Lipinski definition) is 6. The van der Waals surface area contributed by atoms with Gasteiger partial charge in [-0.15, -0.1) is 11.3 Å². The molecule has 0 atom stereocenters. The van der Waals surface area contributed by atoms with Gasteiger partial charge in [0.1, 0.15) is 0 Å². The normalized spacial score (nSPS) is 10.8. The van der Waals surface area contributed by atoms with Crippen molar-refractivity contribution in [1.29, 1.82) is 0 Å². The molecular weight excluding hydrogens is 336 g/mol. The molecule has 130 valence electrons. The van der Waals surface area contributed by atoms with E-state index in [4.69, 9.17) is 4.52 Å². The number of hydrogen-bond donors (Lipinski definition) is 0. The molecule has 1 aromatic carbocycles. The lowest BCUT2D eigenvalue weighted by Crippen LogP contribution is -2.26. The summed E-state index contributed by atoms with van der Waals surface area (Å²) in [6.45, 7) is 4.28. The summed E-state index contributed by atoms with van der Waals surface area (Å²) in [5.41, 5.74) is 4.85. The number of benzene rings is 1. The van der Waals surface area contributed by atoms with Crippen molar-refractivity contribution in [1.82, 2.24) is 20.0 Å². The van der Waals surface area contributed by atoms with E-state index >= 15 is 0 Å². The lowest BCUT2D eigenvalue weighted by molar-refractivity contribution is -0.130. The van der Waals surface area contributed by atoms with Gasteiger partial charge in [-0.2, -0.15) is 4.98 Å².